The van der Waals surface area contributed by atoms with Gasteiger partial charge in [0, 0.05) is 11.6 Å². The molecule has 0 unspecified atom stereocenters. The van der Waals surface area contributed by atoms with Gasteiger partial charge >= 0.3 is 0 Å². The molecule has 2 aromatic rings. The summed E-state index contributed by atoms with van der Waals surface area (Å²) < 4.78 is 10.4. The first-order valence-corrected chi connectivity index (χ1v) is 6.66. The molecule has 2 rings (SSSR count). The highest BCUT2D eigenvalue weighted by Crippen LogP contribution is 2.14. The Balaban J connectivity index is 1.93. The van der Waals surface area contributed by atoms with Crippen LogP contribution in [0.2, 0.25) is 0 Å². The molecule has 0 atom stereocenters. The van der Waals surface area contributed by atoms with Crippen molar-refractivity contribution in [3.63, 3.8) is 0 Å². The molecule has 0 saturated carbocycles. The molecule has 1 amide bonds. The van der Waals surface area contributed by atoms with E-state index in [4.69, 9.17) is 9.26 Å². The quantitative estimate of drug-likeness (QED) is 0.820. The molecule has 106 valence electrons. The predicted octanol–water partition coefficient (Wildman–Crippen LogP) is 3.41. The topological polar surface area (TPSA) is 64.4 Å². The third-order valence-corrected chi connectivity index (χ3v) is 2.75. The molecule has 0 fully saturated rings. The molecular formula is C15H18N2O3. The number of benzene rings is 1. The van der Waals surface area contributed by atoms with Gasteiger partial charge in [-0.15, -0.1) is 0 Å². The number of aryl methyl sites for hydroxylation is 1. The van der Waals surface area contributed by atoms with Crippen molar-refractivity contribution in [2.75, 3.05) is 11.9 Å². The number of unbranched alkanes of at least 4 members (excludes halogenated alkanes) is 1. The summed E-state index contributed by atoms with van der Waals surface area (Å²) in [5.74, 6) is 1.61. The van der Waals surface area contributed by atoms with E-state index in [1.165, 1.54) is 0 Å². The number of carbonyl (C=O) groups excluding carboxylic acids is 1. The lowest BCUT2D eigenvalue weighted by Gasteiger charge is -2.06. The van der Waals surface area contributed by atoms with Crippen molar-refractivity contribution in [1.82, 2.24) is 5.16 Å². The highest BCUT2D eigenvalue weighted by Gasteiger charge is 2.08. The molecular weight excluding hydrogens is 256 g/mol. The Morgan fingerprint density at radius 2 is 2.10 bits per heavy atom. The van der Waals surface area contributed by atoms with Gasteiger partial charge in [0.15, 0.2) is 5.82 Å². The Hall–Kier alpha value is -2.30. The monoisotopic (exact) mass is 274 g/mol. The molecule has 0 aliphatic heterocycles. The van der Waals surface area contributed by atoms with Gasteiger partial charge in [0.1, 0.15) is 11.5 Å². The number of hydrogen-bond acceptors (Lipinski definition) is 4. The van der Waals surface area contributed by atoms with E-state index >= 15 is 0 Å². The Bertz CT molecular complexity index is 561. The lowest BCUT2D eigenvalue weighted by atomic mass is 10.2. The second-order valence-corrected chi connectivity index (χ2v) is 4.50. The second-order valence-electron chi connectivity index (χ2n) is 4.50. The van der Waals surface area contributed by atoms with Crippen LogP contribution in [0.3, 0.4) is 0 Å². The van der Waals surface area contributed by atoms with Crippen LogP contribution >= 0.6 is 0 Å². The van der Waals surface area contributed by atoms with Crippen molar-refractivity contribution in [2.24, 2.45) is 0 Å². The maximum atomic E-state index is 12.0. The summed E-state index contributed by atoms with van der Waals surface area (Å²) in [6.07, 6.45) is 2.12. The van der Waals surface area contributed by atoms with Crippen LogP contribution in [0.4, 0.5) is 5.82 Å². The number of rotatable bonds is 6. The Morgan fingerprint density at radius 3 is 2.70 bits per heavy atom. The Kier molecular flexibility index (Phi) is 4.76. The molecule has 1 N–H and O–H groups in total. The van der Waals surface area contributed by atoms with E-state index in [0.29, 0.717) is 23.7 Å². The zero-order valence-electron chi connectivity index (χ0n) is 11.7. The first-order chi connectivity index (χ1) is 9.69. The number of ether oxygens (including phenoxy) is 1. The van der Waals surface area contributed by atoms with Gasteiger partial charge in [-0.25, -0.2) is 0 Å². The third kappa shape index (κ3) is 3.85. The minimum atomic E-state index is -0.224. The fraction of sp³-hybridized carbons (Fsp3) is 0.333. The van der Waals surface area contributed by atoms with E-state index in [2.05, 4.69) is 17.4 Å². The van der Waals surface area contributed by atoms with Gasteiger partial charge in [-0.1, -0.05) is 18.5 Å². The van der Waals surface area contributed by atoms with Crippen LogP contribution in [0, 0.1) is 6.92 Å². The summed E-state index contributed by atoms with van der Waals surface area (Å²) in [5, 5.41) is 6.38. The lowest BCUT2D eigenvalue weighted by molar-refractivity contribution is 0.102. The lowest BCUT2D eigenvalue weighted by Crippen LogP contribution is -2.11. The van der Waals surface area contributed by atoms with E-state index in [-0.39, 0.29) is 5.91 Å². The first kappa shape index (κ1) is 14.1. The highest BCUT2D eigenvalue weighted by atomic mass is 16.5. The molecule has 5 heteroatoms. The van der Waals surface area contributed by atoms with Gasteiger partial charge < -0.3 is 14.6 Å². The summed E-state index contributed by atoms with van der Waals surface area (Å²) >= 11 is 0. The van der Waals surface area contributed by atoms with E-state index in [9.17, 15) is 4.79 Å². The molecule has 0 aliphatic carbocycles. The average molecular weight is 274 g/mol. The van der Waals surface area contributed by atoms with Crippen molar-refractivity contribution >= 4 is 11.7 Å². The average Bonchev–Trinajstić information content (AvgIpc) is 2.85. The molecule has 1 aromatic carbocycles. The molecule has 0 bridgehead atoms. The van der Waals surface area contributed by atoms with E-state index in [0.717, 1.165) is 18.6 Å². The minimum Gasteiger partial charge on any atom is -0.494 e. The second kappa shape index (κ2) is 6.75. The minimum absolute atomic E-state index is 0.224. The summed E-state index contributed by atoms with van der Waals surface area (Å²) in [5.41, 5.74) is 0.550. The Morgan fingerprint density at radius 1 is 1.35 bits per heavy atom. The van der Waals surface area contributed by atoms with Gasteiger partial charge in [0.2, 0.25) is 0 Å². The molecule has 5 nitrogen and oxygen atoms in total. The molecule has 0 aliphatic rings. The standard InChI is InChI=1S/C15H18N2O3/c1-3-4-9-19-13-7-5-12(6-8-13)15(18)16-14-10-11(2)20-17-14/h5-8,10H,3-4,9H2,1-2H3,(H,16,17,18). The van der Waals surface area contributed by atoms with Crippen LogP contribution in [0.1, 0.15) is 35.9 Å². The summed E-state index contributed by atoms with van der Waals surface area (Å²) in [7, 11) is 0. The van der Waals surface area contributed by atoms with E-state index < -0.39 is 0 Å². The molecule has 0 radical (unpaired) electrons. The third-order valence-electron chi connectivity index (χ3n) is 2.75. The van der Waals surface area contributed by atoms with Crippen LogP contribution in [-0.2, 0) is 0 Å². The van der Waals surface area contributed by atoms with Crippen LogP contribution in [0.25, 0.3) is 0 Å². The van der Waals surface area contributed by atoms with Gasteiger partial charge in [-0.2, -0.15) is 0 Å². The maximum Gasteiger partial charge on any atom is 0.256 e. The SMILES string of the molecule is CCCCOc1ccc(C(=O)Nc2cc(C)on2)cc1. The van der Waals surface area contributed by atoms with Crippen molar-refractivity contribution < 1.29 is 14.1 Å². The molecule has 1 aromatic heterocycles. The van der Waals surface area contributed by atoms with E-state index in [1.807, 2.05) is 0 Å². The Labute approximate surface area is 117 Å². The number of nitrogens with zero attached hydrogens (tertiary/aromatic N) is 1. The van der Waals surface area contributed by atoms with Crippen LogP contribution in [0.5, 0.6) is 5.75 Å². The number of hydrogen-bond donors (Lipinski definition) is 1. The summed E-state index contributed by atoms with van der Waals surface area (Å²) in [6.45, 7) is 4.58. The van der Waals surface area contributed by atoms with Crippen LogP contribution in [-0.4, -0.2) is 17.7 Å². The molecule has 20 heavy (non-hydrogen) atoms. The number of amides is 1. The number of carbonyl (C=O) groups is 1. The smallest absolute Gasteiger partial charge is 0.256 e. The number of nitrogens with one attached hydrogen (secondary N) is 1. The van der Waals surface area contributed by atoms with Gasteiger partial charge in [-0.3, -0.25) is 4.79 Å². The molecule has 0 spiro atoms. The largest absolute Gasteiger partial charge is 0.494 e. The van der Waals surface area contributed by atoms with E-state index in [1.54, 1.807) is 37.3 Å². The maximum absolute atomic E-state index is 12.0. The molecule has 0 saturated heterocycles. The summed E-state index contributed by atoms with van der Waals surface area (Å²) in [4.78, 5) is 12.0. The zero-order valence-corrected chi connectivity index (χ0v) is 11.7. The predicted molar refractivity (Wildman–Crippen MR) is 76.0 cm³/mol. The highest BCUT2D eigenvalue weighted by molar-refractivity contribution is 6.03. The van der Waals surface area contributed by atoms with Crippen LogP contribution in [0.15, 0.2) is 34.9 Å². The van der Waals surface area contributed by atoms with Crippen molar-refractivity contribution in [2.45, 2.75) is 26.7 Å². The summed E-state index contributed by atoms with van der Waals surface area (Å²) in [6, 6.07) is 8.70. The zero-order chi connectivity index (χ0) is 14.4. The van der Waals surface area contributed by atoms with Gasteiger partial charge in [0.25, 0.3) is 5.91 Å². The number of anilines is 1. The first-order valence-electron chi connectivity index (χ1n) is 6.66. The normalized spacial score (nSPS) is 10.3. The fourth-order valence-corrected chi connectivity index (χ4v) is 1.65. The van der Waals surface area contributed by atoms with Gasteiger partial charge in [0.05, 0.1) is 6.61 Å². The van der Waals surface area contributed by atoms with Crippen molar-refractivity contribution in [3.05, 3.63) is 41.7 Å². The van der Waals surface area contributed by atoms with Crippen LogP contribution < -0.4 is 10.1 Å². The fourth-order valence-electron chi connectivity index (χ4n) is 1.65. The van der Waals surface area contributed by atoms with Gasteiger partial charge in [-0.05, 0) is 37.6 Å². The van der Waals surface area contributed by atoms with Crippen molar-refractivity contribution in [3.8, 4) is 5.75 Å². The van der Waals surface area contributed by atoms with Crippen molar-refractivity contribution in [1.29, 1.82) is 0 Å². The number of aromatic nitrogens is 1. The molecule has 1 heterocycles.